The van der Waals surface area contributed by atoms with Gasteiger partial charge in [0.15, 0.2) is 11.6 Å². The Morgan fingerprint density at radius 1 is 0.889 bits per heavy atom. The number of nitrogens with zero attached hydrogens (tertiary/aromatic N) is 1. The number of aromatic nitrogens is 1. The van der Waals surface area contributed by atoms with Crippen molar-refractivity contribution < 1.29 is 9.59 Å². The van der Waals surface area contributed by atoms with Crippen LogP contribution in [-0.2, 0) is 0 Å². The first-order valence-corrected chi connectivity index (χ1v) is 6.27. The Bertz CT molecular complexity index is 631. The second-order valence-electron chi connectivity index (χ2n) is 4.09. The quantitative estimate of drug-likeness (QED) is 0.601. The standard InChI is InChI=1S/C14H8BrNO2/c15-11-7-3-6-10(16-11)12-13(17)8-4-1-2-5-9(8)14(12)18/h1-7,12H. The maximum absolute atomic E-state index is 12.2. The van der Waals surface area contributed by atoms with Gasteiger partial charge in [0.25, 0.3) is 0 Å². The van der Waals surface area contributed by atoms with E-state index in [9.17, 15) is 9.59 Å². The lowest BCUT2D eigenvalue weighted by Crippen LogP contribution is -2.14. The van der Waals surface area contributed by atoms with Gasteiger partial charge in [-0.3, -0.25) is 9.59 Å². The lowest BCUT2D eigenvalue weighted by molar-refractivity contribution is 0.0888. The van der Waals surface area contributed by atoms with Crippen LogP contribution in [0.2, 0.25) is 0 Å². The van der Waals surface area contributed by atoms with E-state index in [0.717, 1.165) is 0 Å². The van der Waals surface area contributed by atoms with Gasteiger partial charge in [-0.2, -0.15) is 0 Å². The van der Waals surface area contributed by atoms with Gasteiger partial charge in [-0.15, -0.1) is 0 Å². The molecule has 0 aliphatic heterocycles. The molecule has 1 aromatic heterocycles. The first-order valence-electron chi connectivity index (χ1n) is 5.48. The zero-order valence-electron chi connectivity index (χ0n) is 9.26. The molecule has 0 radical (unpaired) electrons. The molecular weight excluding hydrogens is 294 g/mol. The van der Waals surface area contributed by atoms with Gasteiger partial charge in [0.05, 0.1) is 5.69 Å². The number of Topliss-reactive ketones (excluding diaryl/α,β-unsaturated/α-hetero) is 2. The molecule has 0 fully saturated rings. The summed E-state index contributed by atoms with van der Waals surface area (Å²) >= 11 is 3.25. The third-order valence-corrected chi connectivity index (χ3v) is 3.46. The lowest BCUT2D eigenvalue weighted by atomic mass is 9.99. The SMILES string of the molecule is O=C1c2ccccc2C(=O)C1c1cccc(Br)n1. The fourth-order valence-corrected chi connectivity index (χ4v) is 2.55. The number of halogens is 1. The average molecular weight is 302 g/mol. The highest BCUT2D eigenvalue weighted by Gasteiger charge is 2.40. The van der Waals surface area contributed by atoms with Crippen LogP contribution in [0, 0.1) is 0 Å². The van der Waals surface area contributed by atoms with Gasteiger partial charge in [0.1, 0.15) is 10.5 Å². The van der Waals surface area contributed by atoms with Crippen molar-refractivity contribution in [3.63, 3.8) is 0 Å². The first-order chi connectivity index (χ1) is 8.68. The molecule has 88 valence electrons. The van der Waals surface area contributed by atoms with Crippen molar-refractivity contribution in [2.24, 2.45) is 0 Å². The molecule has 1 aliphatic rings. The van der Waals surface area contributed by atoms with Gasteiger partial charge >= 0.3 is 0 Å². The monoisotopic (exact) mass is 301 g/mol. The van der Waals surface area contributed by atoms with E-state index in [-0.39, 0.29) is 11.6 Å². The van der Waals surface area contributed by atoms with Crippen LogP contribution in [0.1, 0.15) is 32.3 Å². The maximum Gasteiger partial charge on any atom is 0.180 e. The molecule has 0 spiro atoms. The topological polar surface area (TPSA) is 47.0 Å². The van der Waals surface area contributed by atoms with Crippen LogP contribution < -0.4 is 0 Å². The molecule has 0 N–H and O–H groups in total. The predicted octanol–water partition coefficient (Wildman–Crippen LogP) is 3.01. The van der Waals surface area contributed by atoms with Crippen molar-refractivity contribution in [3.05, 3.63) is 63.9 Å². The highest BCUT2D eigenvalue weighted by atomic mass is 79.9. The van der Waals surface area contributed by atoms with E-state index in [1.54, 1.807) is 42.5 Å². The fourth-order valence-electron chi connectivity index (χ4n) is 2.20. The van der Waals surface area contributed by atoms with E-state index in [4.69, 9.17) is 0 Å². The molecule has 1 heterocycles. The largest absolute Gasteiger partial charge is 0.293 e. The van der Waals surface area contributed by atoms with Crippen LogP contribution >= 0.6 is 15.9 Å². The van der Waals surface area contributed by atoms with Crippen molar-refractivity contribution in [2.75, 3.05) is 0 Å². The molecule has 0 atom stereocenters. The fraction of sp³-hybridized carbons (Fsp3) is 0.0714. The normalized spacial score (nSPS) is 14.9. The molecule has 3 nitrogen and oxygen atoms in total. The number of hydrogen-bond donors (Lipinski definition) is 0. The molecule has 18 heavy (non-hydrogen) atoms. The Morgan fingerprint density at radius 3 is 2.06 bits per heavy atom. The summed E-state index contributed by atoms with van der Waals surface area (Å²) in [6.45, 7) is 0. The van der Waals surface area contributed by atoms with Gasteiger partial charge < -0.3 is 0 Å². The summed E-state index contributed by atoms with van der Waals surface area (Å²) in [4.78, 5) is 28.7. The predicted molar refractivity (Wildman–Crippen MR) is 69.8 cm³/mol. The van der Waals surface area contributed by atoms with Crippen molar-refractivity contribution in [3.8, 4) is 0 Å². The van der Waals surface area contributed by atoms with Crippen LogP contribution in [0.25, 0.3) is 0 Å². The van der Waals surface area contributed by atoms with Crippen LogP contribution in [0.3, 0.4) is 0 Å². The molecule has 0 saturated heterocycles. The number of rotatable bonds is 1. The van der Waals surface area contributed by atoms with Crippen molar-refractivity contribution in [1.82, 2.24) is 4.98 Å². The molecular formula is C14H8BrNO2. The van der Waals surface area contributed by atoms with E-state index in [1.165, 1.54) is 0 Å². The van der Waals surface area contributed by atoms with E-state index in [1.807, 2.05) is 0 Å². The summed E-state index contributed by atoms with van der Waals surface area (Å²) in [6.07, 6.45) is 0. The van der Waals surface area contributed by atoms with Crippen molar-refractivity contribution >= 4 is 27.5 Å². The van der Waals surface area contributed by atoms with E-state index in [2.05, 4.69) is 20.9 Å². The number of hydrogen-bond acceptors (Lipinski definition) is 3. The molecule has 1 aliphatic carbocycles. The van der Waals surface area contributed by atoms with E-state index >= 15 is 0 Å². The second-order valence-corrected chi connectivity index (χ2v) is 4.90. The zero-order valence-corrected chi connectivity index (χ0v) is 10.8. The van der Waals surface area contributed by atoms with Crippen LogP contribution in [-0.4, -0.2) is 16.6 Å². The summed E-state index contributed by atoms with van der Waals surface area (Å²) < 4.78 is 0.622. The average Bonchev–Trinajstić information content (AvgIpc) is 2.63. The highest BCUT2D eigenvalue weighted by Crippen LogP contribution is 2.33. The van der Waals surface area contributed by atoms with Crippen molar-refractivity contribution in [1.29, 1.82) is 0 Å². The minimum Gasteiger partial charge on any atom is -0.293 e. The molecule has 2 aromatic rings. The Hall–Kier alpha value is -1.81. The Morgan fingerprint density at radius 2 is 1.50 bits per heavy atom. The van der Waals surface area contributed by atoms with E-state index < -0.39 is 5.92 Å². The summed E-state index contributed by atoms with van der Waals surface area (Å²) in [5, 5.41) is 0. The van der Waals surface area contributed by atoms with Crippen LogP contribution in [0.5, 0.6) is 0 Å². The minimum atomic E-state index is -0.792. The van der Waals surface area contributed by atoms with Crippen LogP contribution in [0.15, 0.2) is 47.1 Å². The van der Waals surface area contributed by atoms with E-state index in [0.29, 0.717) is 21.4 Å². The number of benzene rings is 1. The second kappa shape index (κ2) is 4.14. The van der Waals surface area contributed by atoms with Crippen molar-refractivity contribution in [2.45, 2.75) is 5.92 Å². The van der Waals surface area contributed by atoms with Crippen LogP contribution in [0.4, 0.5) is 0 Å². The van der Waals surface area contributed by atoms with Gasteiger partial charge in [0.2, 0.25) is 0 Å². The molecule has 0 amide bonds. The Labute approximate surface area is 112 Å². The summed E-state index contributed by atoms with van der Waals surface area (Å²) in [7, 11) is 0. The molecule has 4 heteroatoms. The number of carbonyl (C=O) groups excluding carboxylic acids is 2. The minimum absolute atomic E-state index is 0.166. The maximum atomic E-state index is 12.2. The van der Waals surface area contributed by atoms with Gasteiger partial charge in [-0.25, -0.2) is 4.98 Å². The molecule has 1 aromatic carbocycles. The molecule has 0 saturated carbocycles. The molecule has 0 bridgehead atoms. The Kier molecular flexibility index (Phi) is 2.59. The summed E-state index contributed by atoms with van der Waals surface area (Å²) in [5.74, 6) is -1.12. The molecule has 0 unspecified atom stereocenters. The van der Waals surface area contributed by atoms with Gasteiger partial charge in [-0.1, -0.05) is 30.3 Å². The third kappa shape index (κ3) is 1.61. The summed E-state index contributed by atoms with van der Waals surface area (Å²) in [6, 6.07) is 12.1. The number of carbonyl (C=O) groups is 2. The smallest absolute Gasteiger partial charge is 0.180 e. The number of ketones is 2. The number of fused-ring (bicyclic) bond motifs is 1. The Balaban J connectivity index is 2.12. The summed E-state index contributed by atoms with van der Waals surface area (Å²) in [5.41, 5.74) is 1.49. The lowest BCUT2D eigenvalue weighted by Gasteiger charge is -2.06. The van der Waals surface area contributed by atoms with Gasteiger partial charge in [-0.05, 0) is 28.1 Å². The zero-order chi connectivity index (χ0) is 12.7. The molecule has 3 rings (SSSR count). The highest BCUT2D eigenvalue weighted by molar-refractivity contribution is 9.10. The number of pyridine rings is 1. The van der Waals surface area contributed by atoms with Gasteiger partial charge in [0, 0.05) is 11.1 Å². The first kappa shape index (κ1) is 11.3. The third-order valence-electron chi connectivity index (χ3n) is 3.01.